The molecule has 2 rings (SSSR count). The molecule has 0 saturated carbocycles. The van der Waals surface area contributed by atoms with E-state index in [2.05, 4.69) is 6.92 Å². The van der Waals surface area contributed by atoms with Crippen LogP contribution >= 0.6 is 23.1 Å². The lowest BCUT2D eigenvalue weighted by molar-refractivity contribution is 0.0527. The van der Waals surface area contributed by atoms with E-state index in [0.717, 1.165) is 11.3 Å². The van der Waals surface area contributed by atoms with Crippen LogP contribution in [0, 0.1) is 0 Å². The van der Waals surface area contributed by atoms with Crippen molar-refractivity contribution in [2.45, 2.75) is 24.9 Å². The van der Waals surface area contributed by atoms with Crippen LogP contribution in [0.25, 0.3) is 0 Å². The number of thiophene rings is 1. The molecular weight excluding hydrogens is 230 g/mol. The average molecular weight is 243 g/mol. The second-order valence-corrected chi connectivity index (χ2v) is 5.82. The first-order valence-electron chi connectivity index (χ1n) is 4.84. The lowest BCUT2D eigenvalue weighted by Crippen LogP contribution is -2.08. The topological polar surface area (TPSA) is 52.3 Å². The van der Waals surface area contributed by atoms with Crippen molar-refractivity contribution in [1.29, 1.82) is 0 Å². The zero-order chi connectivity index (χ0) is 11.0. The van der Waals surface area contributed by atoms with Crippen molar-refractivity contribution in [3.63, 3.8) is 0 Å². The molecule has 0 radical (unpaired) electrons. The summed E-state index contributed by atoms with van der Waals surface area (Å²) in [5.74, 6) is 0.687. The first-order valence-corrected chi connectivity index (χ1v) is 6.71. The van der Waals surface area contributed by atoms with Gasteiger partial charge in [-0.25, -0.2) is 4.79 Å². The minimum absolute atomic E-state index is 0.276. The van der Waals surface area contributed by atoms with Crippen molar-refractivity contribution in [3.05, 3.63) is 16.0 Å². The molecule has 0 aliphatic carbocycles. The summed E-state index contributed by atoms with van der Waals surface area (Å²) in [6.07, 6.45) is 0. The van der Waals surface area contributed by atoms with Crippen LogP contribution in [0.15, 0.2) is 0 Å². The summed E-state index contributed by atoms with van der Waals surface area (Å²) < 4.78 is 5.02. The van der Waals surface area contributed by atoms with Crippen LogP contribution in [-0.4, -0.2) is 12.6 Å². The number of nitrogens with two attached hydrogens (primary N) is 1. The van der Waals surface area contributed by atoms with E-state index < -0.39 is 0 Å². The van der Waals surface area contributed by atoms with E-state index >= 15 is 0 Å². The van der Waals surface area contributed by atoms with Crippen molar-refractivity contribution < 1.29 is 9.53 Å². The molecule has 1 aliphatic rings. The number of esters is 1. The van der Waals surface area contributed by atoms with Gasteiger partial charge in [0.15, 0.2) is 0 Å². The summed E-state index contributed by atoms with van der Waals surface area (Å²) in [6.45, 7) is 4.30. The number of rotatable bonds is 2. The standard InChI is InChI=1S/C10H13NO2S2/c1-3-13-10(12)8-7-5(2)14-4-6(7)15-9(8)11/h5H,3-4,11H2,1-2H3. The molecular formula is C10H13NO2S2. The van der Waals surface area contributed by atoms with Gasteiger partial charge in [-0.15, -0.1) is 23.1 Å². The number of fused-ring (bicyclic) bond motifs is 1. The van der Waals surface area contributed by atoms with Gasteiger partial charge in [-0.1, -0.05) is 0 Å². The zero-order valence-electron chi connectivity index (χ0n) is 8.70. The number of nitrogen functional groups attached to an aromatic ring is 1. The Morgan fingerprint density at radius 1 is 1.67 bits per heavy atom. The third-order valence-electron chi connectivity index (χ3n) is 2.40. The Morgan fingerprint density at radius 3 is 3.07 bits per heavy atom. The first kappa shape index (κ1) is 10.8. The molecule has 0 fully saturated rings. The summed E-state index contributed by atoms with van der Waals surface area (Å²) in [6, 6.07) is 0. The number of ether oxygens (including phenoxy) is 1. The summed E-state index contributed by atoms with van der Waals surface area (Å²) in [5.41, 5.74) is 7.56. The summed E-state index contributed by atoms with van der Waals surface area (Å²) in [5, 5.41) is 0.957. The van der Waals surface area contributed by atoms with Gasteiger partial charge in [0.25, 0.3) is 0 Å². The number of hydrogen-bond acceptors (Lipinski definition) is 5. The normalized spacial score (nSPS) is 18.9. The van der Waals surface area contributed by atoms with Crippen LogP contribution in [-0.2, 0) is 10.5 Å². The third-order valence-corrected chi connectivity index (χ3v) is 4.81. The second-order valence-electron chi connectivity index (χ2n) is 3.35. The molecule has 0 bridgehead atoms. The molecule has 2 heterocycles. The molecule has 1 unspecified atom stereocenters. The maximum atomic E-state index is 11.7. The number of anilines is 1. The Hall–Kier alpha value is -0.680. The SMILES string of the molecule is CCOC(=O)c1c(N)sc2c1C(C)SC2. The second kappa shape index (κ2) is 4.06. The van der Waals surface area contributed by atoms with Crippen LogP contribution in [0.2, 0.25) is 0 Å². The van der Waals surface area contributed by atoms with Gasteiger partial charge in [0, 0.05) is 15.9 Å². The summed E-state index contributed by atoms with van der Waals surface area (Å²) in [7, 11) is 0. The average Bonchev–Trinajstić information content (AvgIpc) is 2.67. The molecule has 0 spiro atoms. The van der Waals surface area contributed by atoms with Crippen molar-refractivity contribution in [3.8, 4) is 0 Å². The van der Waals surface area contributed by atoms with Crippen molar-refractivity contribution in [2.24, 2.45) is 0 Å². The van der Waals surface area contributed by atoms with E-state index in [1.807, 2.05) is 11.8 Å². The number of hydrogen-bond donors (Lipinski definition) is 1. The highest BCUT2D eigenvalue weighted by atomic mass is 32.2. The zero-order valence-corrected chi connectivity index (χ0v) is 10.3. The molecule has 82 valence electrons. The lowest BCUT2D eigenvalue weighted by Gasteiger charge is -2.06. The third kappa shape index (κ3) is 1.74. The van der Waals surface area contributed by atoms with Gasteiger partial charge in [0.1, 0.15) is 5.00 Å². The fraction of sp³-hybridized carbons (Fsp3) is 0.500. The van der Waals surface area contributed by atoms with Crippen LogP contribution in [0.4, 0.5) is 5.00 Å². The molecule has 15 heavy (non-hydrogen) atoms. The van der Waals surface area contributed by atoms with Gasteiger partial charge in [-0.2, -0.15) is 0 Å². The van der Waals surface area contributed by atoms with E-state index in [1.165, 1.54) is 16.2 Å². The monoisotopic (exact) mass is 243 g/mol. The summed E-state index contributed by atoms with van der Waals surface area (Å²) in [4.78, 5) is 13.0. The van der Waals surface area contributed by atoms with Crippen LogP contribution < -0.4 is 5.73 Å². The van der Waals surface area contributed by atoms with E-state index in [9.17, 15) is 4.79 Å². The van der Waals surface area contributed by atoms with Gasteiger partial charge in [0.05, 0.1) is 12.2 Å². The van der Waals surface area contributed by atoms with Crippen LogP contribution in [0.5, 0.6) is 0 Å². The van der Waals surface area contributed by atoms with E-state index in [0.29, 0.717) is 22.4 Å². The Morgan fingerprint density at radius 2 is 2.40 bits per heavy atom. The molecule has 1 aliphatic heterocycles. The minimum atomic E-state index is -0.276. The molecule has 1 atom stereocenters. The van der Waals surface area contributed by atoms with Gasteiger partial charge in [0.2, 0.25) is 0 Å². The largest absolute Gasteiger partial charge is 0.462 e. The summed E-state index contributed by atoms with van der Waals surface area (Å²) >= 11 is 3.36. The quantitative estimate of drug-likeness (QED) is 0.811. The fourth-order valence-corrected chi connectivity index (χ4v) is 4.19. The molecule has 3 nitrogen and oxygen atoms in total. The molecule has 0 amide bonds. The number of thioether (sulfide) groups is 1. The minimum Gasteiger partial charge on any atom is -0.462 e. The van der Waals surface area contributed by atoms with Gasteiger partial charge < -0.3 is 10.5 Å². The fourth-order valence-electron chi connectivity index (χ4n) is 1.75. The number of carbonyl (C=O) groups excluding carboxylic acids is 1. The van der Waals surface area contributed by atoms with Crippen molar-refractivity contribution in [1.82, 2.24) is 0 Å². The number of carbonyl (C=O) groups is 1. The smallest absolute Gasteiger partial charge is 0.341 e. The van der Waals surface area contributed by atoms with Gasteiger partial charge in [-0.3, -0.25) is 0 Å². The van der Waals surface area contributed by atoms with Gasteiger partial charge in [-0.05, 0) is 19.4 Å². The maximum absolute atomic E-state index is 11.7. The molecule has 1 aromatic rings. The Bertz CT molecular complexity index is 400. The highest BCUT2D eigenvalue weighted by molar-refractivity contribution is 7.99. The Balaban J connectivity index is 2.42. The first-order chi connectivity index (χ1) is 7.15. The highest BCUT2D eigenvalue weighted by Gasteiger charge is 2.31. The van der Waals surface area contributed by atoms with E-state index in [-0.39, 0.29) is 5.97 Å². The molecule has 0 aromatic carbocycles. The Kier molecular flexibility index (Phi) is 2.93. The predicted octanol–water partition coefficient (Wildman–Crippen LogP) is 2.81. The maximum Gasteiger partial charge on any atom is 0.341 e. The molecule has 1 aromatic heterocycles. The Labute approximate surface area is 97.0 Å². The lowest BCUT2D eigenvalue weighted by atomic mass is 10.1. The molecule has 2 N–H and O–H groups in total. The van der Waals surface area contributed by atoms with Gasteiger partial charge >= 0.3 is 5.97 Å². The predicted molar refractivity (Wildman–Crippen MR) is 64.4 cm³/mol. The van der Waals surface area contributed by atoms with Crippen molar-refractivity contribution >= 4 is 34.1 Å². The van der Waals surface area contributed by atoms with Crippen LogP contribution in [0.1, 0.15) is 39.9 Å². The van der Waals surface area contributed by atoms with Crippen molar-refractivity contribution in [2.75, 3.05) is 12.3 Å². The van der Waals surface area contributed by atoms with E-state index in [1.54, 1.807) is 6.92 Å². The van der Waals surface area contributed by atoms with Crippen LogP contribution in [0.3, 0.4) is 0 Å². The van der Waals surface area contributed by atoms with E-state index in [4.69, 9.17) is 10.5 Å². The molecule has 5 heteroatoms. The highest BCUT2D eigenvalue weighted by Crippen LogP contribution is 2.49. The molecule has 0 saturated heterocycles.